The van der Waals surface area contributed by atoms with Crippen LogP contribution in [0.4, 0.5) is 5.69 Å². The van der Waals surface area contributed by atoms with Crippen LogP contribution < -0.4 is 10.5 Å². The maximum absolute atomic E-state index is 12.3. The zero-order chi connectivity index (χ0) is 17.1. The van der Waals surface area contributed by atoms with E-state index in [-0.39, 0.29) is 12.3 Å². The summed E-state index contributed by atoms with van der Waals surface area (Å²) in [6.45, 7) is 0. The molecule has 7 nitrogen and oxygen atoms in total. The highest BCUT2D eigenvalue weighted by molar-refractivity contribution is 7.97. The number of hydrogen-bond acceptors (Lipinski definition) is 5. The first-order valence-corrected chi connectivity index (χ1v) is 8.20. The number of aromatic nitrogens is 4. The van der Waals surface area contributed by atoms with Crippen LogP contribution in [-0.4, -0.2) is 25.5 Å². The minimum Gasteiger partial charge on any atom is -0.326 e. The average molecular weight is 342 g/mol. The molecule has 24 heavy (non-hydrogen) atoms. The summed E-state index contributed by atoms with van der Waals surface area (Å²) in [6, 6.07) is 7.56. The largest absolute Gasteiger partial charge is 0.326 e. The minimum absolute atomic E-state index is 0.102. The average Bonchev–Trinajstić information content (AvgIpc) is 3.16. The summed E-state index contributed by atoms with van der Waals surface area (Å²) in [5.74, 6) is -0.102. The monoisotopic (exact) mass is 342 g/mol. The summed E-state index contributed by atoms with van der Waals surface area (Å²) < 4.78 is 3.42. The molecule has 0 bridgehead atoms. The van der Waals surface area contributed by atoms with E-state index in [1.165, 1.54) is 0 Å². The van der Waals surface area contributed by atoms with E-state index in [0.29, 0.717) is 5.69 Å². The van der Waals surface area contributed by atoms with Crippen LogP contribution in [0.5, 0.6) is 0 Å². The molecule has 0 aliphatic rings. The maximum Gasteiger partial charge on any atom is 0.230 e. The number of nitrogens with two attached hydrogens (primary N) is 1. The van der Waals surface area contributed by atoms with Crippen molar-refractivity contribution in [2.75, 3.05) is 5.32 Å². The Morgan fingerprint density at radius 3 is 2.71 bits per heavy atom. The lowest BCUT2D eigenvalue weighted by Gasteiger charge is -2.09. The van der Waals surface area contributed by atoms with Crippen molar-refractivity contribution in [3.63, 3.8) is 0 Å². The van der Waals surface area contributed by atoms with Crippen molar-refractivity contribution < 1.29 is 4.79 Å². The molecule has 3 N–H and O–H groups in total. The number of nitrogens with zero attached hydrogens (tertiary/aromatic N) is 4. The SMILES string of the molecule is Cn1cc(-c2cc(NC(=O)Cc3ccnn3C)cc(SN)c2)cn1. The zero-order valence-corrected chi connectivity index (χ0v) is 14.2. The second-order valence-electron chi connectivity index (χ2n) is 5.44. The summed E-state index contributed by atoms with van der Waals surface area (Å²) >= 11 is 1.14. The van der Waals surface area contributed by atoms with E-state index in [4.69, 9.17) is 5.14 Å². The Kier molecular flexibility index (Phi) is 4.68. The van der Waals surface area contributed by atoms with Gasteiger partial charge in [-0.05, 0) is 41.8 Å². The van der Waals surface area contributed by atoms with Crippen molar-refractivity contribution in [2.45, 2.75) is 11.3 Å². The predicted molar refractivity (Wildman–Crippen MR) is 94.2 cm³/mol. The van der Waals surface area contributed by atoms with Gasteiger partial charge in [-0.15, -0.1) is 0 Å². The Hall–Kier alpha value is -2.58. The van der Waals surface area contributed by atoms with Crippen LogP contribution in [0.1, 0.15) is 5.69 Å². The van der Waals surface area contributed by atoms with Gasteiger partial charge in [0, 0.05) is 48.3 Å². The Morgan fingerprint density at radius 2 is 2.08 bits per heavy atom. The molecular weight excluding hydrogens is 324 g/mol. The van der Waals surface area contributed by atoms with E-state index in [1.807, 2.05) is 44.6 Å². The Labute approximate surface area is 144 Å². The van der Waals surface area contributed by atoms with E-state index < -0.39 is 0 Å². The molecule has 0 radical (unpaired) electrons. The highest BCUT2D eigenvalue weighted by Gasteiger charge is 2.10. The van der Waals surface area contributed by atoms with Crippen molar-refractivity contribution in [1.82, 2.24) is 19.6 Å². The molecule has 124 valence electrons. The number of benzene rings is 1. The van der Waals surface area contributed by atoms with Crippen molar-refractivity contribution in [2.24, 2.45) is 19.2 Å². The van der Waals surface area contributed by atoms with Gasteiger partial charge < -0.3 is 5.32 Å². The fraction of sp³-hybridized carbons (Fsp3) is 0.188. The molecule has 0 saturated heterocycles. The lowest BCUT2D eigenvalue weighted by Crippen LogP contribution is -2.16. The first-order valence-electron chi connectivity index (χ1n) is 7.33. The van der Waals surface area contributed by atoms with E-state index in [1.54, 1.807) is 21.8 Å². The lowest BCUT2D eigenvalue weighted by atomic mass is 10.1. The fourth-order valence-corrected chi connectivity index (χ4v) is 2.81. The standard InChI is InChI=1S/C16H18N6OS/c1-21-10-12(9-19-21)11-5-13(7-15(6-11)24-17)20-16(23)8-14-3-4-18-22(14)2/h3-7,9-10H,8,17H2,1-2H3,(H,20,23). The van der Waals surface area contributed by atoms with Crippen LogP contribution in [0.3, 0.4) is 0 Å². The van der Waals surface area contributed by atoms with Gasteiger partial charge in [0.05, 0.1) is 12.6 Å². The molecule has 1 amide bonds. The van der Waals surface area contributed by atoms with Gasteiger partial charge in [0.1, 0.15) is 0 Å². The molecule has 1 aromatic carbocycles. The molecule has 0 aliphatic carbocycles. The molecule has 0 aliphatic heterocycles. The first-order chi connectivity index (χ1) is 11.5. The molecule has 0 atom stereocenters. The number of anilines is 1. The van der Waals surface area contributed by atoms with Gasteiger partial charge in [0.15, 0.2) is 0 Å². The minimum atomic E-state index is -0.102. The van der Waals surface area contributed by atoms with Crippen molar-refractivity contribution in [1.29, 1.82) is 0 Å². The molecule has 0 unspecified atom stereocenters. The summed E-state index contributed by atoms with van der Waals surface area (Å²) in [4.78, 5) is 13.1. The van der Waals surface area contributed by atoms with E-state index in [2.05, 4.69) is 15.5 Å². The third-order valence-corrected chi connectivity index (χ3v) is 4.14. The molecule has 3 rings (SSSR count). The third-order valence-electron chi connectivity index (χ3n) is 3.63. The second kappa shape index (κ2) is 6.90. The van der Waals surface area contributed by atoms with Gasteiger partial charge in [-0.2, -0.15) is 10.2 Å². The number of carbonyl (C=O) groups excluding carboxylic acids is 1. The van der Waals surface area contributed by atoms with Gasteiger partial charge in [-0.25, -0.2) is 0 Å². The van der Waals surface area contributed by atoms with Crippen LogP contribution in [0.25, 0.3) is 11.1 Å². The highest BCUT2D eigenvalue weighted by Crippen LogP contribution is 2.28. The first kappa shape index (κ1) is 16.3. The maximum atomic E-state index is 12.3. The topological polar surface area (TPSA) is 90.8 Å². The molecule has 0 fully saturated rings. The van der Waals surface area contributed by atoms with Crippen molar-refractivity contribution >= 4 is 23.5 Å². The third kappa shape index (κ3) is 3.66. The van der Waals surface area contributed by atoms with Crippen molar-refractivity contribution in [3.8, 4) is 11.1 Å². The van der Waals surface area contributed by atoms with E-state index in [0.717, 1.165) is 33.7 Å². The second-order valence-corrected chi connectivity index (χ2v) is 6.14. The Bertz CT molecular complexity index is 869. The summed E-state index contributed by atoms with van der Waals surface area (Å²) in [5, 5.41) is 16.9. The Balaban J connectivity index is 1.82. The number of hydrogen-bond donors (Lipinski definition) is 2. The van der Waals surface area contributed by atoms with Gasteiger partial charge in [-0.3, -0.25) is 19.3 Å². The zero-order valence-electron chi connectivity index (χ0n) is 13.4. The summed E-state index contributed by atoms with van der Waals surface area (Å²) in [6.07, 6.45) is 5.64. The molecule has 0 saturated carbocycles. The van der Waals surface area contributed by atoms with Gasteiger partial charge >= 0.3 is 0 Å². The number of aryl methyl sites for hydroxylation is 2. The van der Waals surface area contributed by atoms with Gasteiger partial charge in [-0.1, -0.05) is 0 Å². The molecule has 2 aromatic heterocycles. The predicted octanol–water partition coefficient (Wildman–Crippen LogP) is 1.97. The van der Waals surface area contributed by atoms with Gasteiger partial charge in [0.2, 0.25) is 5.91 Å². The lowest BCUT2D eigenvalue weighted by molar-refractivity contribution is -0.115. The van der Waals surface area contributed by atoms with Crippen LogP contribution >= 0.6 is 11.9 Å². The van der Waals surface area contributed by atoms with Crippen molar-refractivity contribution in [3.05, 3.63) is 48.5 Å². The quantitative estimate of drug-likeness (QED) is 0.692. The summed E-state index contributed by atoms with van der Waals surface area (Å²) in [5.41, 5.74) is 3.48. The molecule has 0 spiro atoms. The number of amides is 1. The smallest absolute Gasteiger partial charge is 0.230 e. The Morgan fingerprint density at radius 1 is 1.25 bits per heavy atom. The molecule has 2 heterocycles. The number of rotatable bonds is 5. The number of nitrogens with one attached hydrogen (secondary N) is 1. The fourth-order valence-electron chi connectivity index (χ4n) is 2.42. The number of carbonyl (C=O) groups is 1. The van der Waals surface area contributed by atoms with Crippen LogP contribution in [-0.2, 0) is 25.3 Å². The van der Waals surface area contributed by atoms with Crippen LogP contribution in [0.2, 0.25) is 0 Å². The molecule has 3 aromatic rings. The molecular formula is C16H18N6OS. The van der Waals surface area contributed by atoms with Crippen LogP contribution in [0, 0.1) is 0 Å². The van der Waals surface area contributed by atoms with E-state index >= 15 is 0 Å². The van der Waals surface area contributed by atoms with Crippen LogP contribution in [0.15, 0.2) is 47.8 Å². The molecule has 8 heteroatoms. The van der Waals surface area contributed by atoms with E-state index in [9.17, 15) is 4.79 Å². The highest BCUT2D eigenvalue weighted by atomic mass is 32.2. The van der Waals surface area contributed by atoms with Gasteiger partial charge in [0.25, 0.3) is 0 Å². The normalized spacial score (nSPS) is 10.8. The summed E-state index contributed by atoms with van der Waals surface area (Å²) in [7, 11) is 3.68.